The maximum Gasteiger partial charge on any atom is 0.243 e. The minimum Gasteiger partial charge on any atom is -0.381 e. The Labute approximate surface area is 88.3 Å². The Morgan fingerprint density at radius 2 is 1.93 bits per heavy atom. The number of benzene rings is 1. The molecule has 0 fully saturated rings. The Kier molecular flexibility index (Phi) is 3.33. The number of para-hydroxylation sites is 2. The van der Waals surface area contributed by atoms with Gasteiger partial charge in [0.15, 0.2) is 0 Å². The number of nitrogens with one attached hydrogen (secondary N) is 2. The van der Waals surface area contributed by atoms with Crippen molar-refractivity contribution in [2.45, 2.75) is 6.04 Å². The summed E-state index contributed by atoms with van der Waals surface area (Å²) in [6.45, 7) is 0.475. The molecule has 1 atom stereocenters. The summed E-state index contributed by atoms with van der Waals surface area (Å²) < 4.78 is 0. The van der Waals surface area contributed by atoms with Crippen LogP contribution in [0, 0.1) is 0 Å². The van der Waals surface area contributed by atoms with Gasteiger partial charge in [0.1, 0.15) is 6.04 Å². The van der Waals surface area contributed by atoms with Crippen LogP contribution in [0.15, 0.2) is 24.3 Å². The lowest BCUT2D eigenvalue weighted by atomic mass is 10.2. The first-order valence-electron chi connectivity index (χ1n) is 4.17. The van der Waals surface area contributed by atoms with Crippen LogP contribution in [0.4, 0.5) is 11.4 Å². The predicted molar refractivity (Wildman–Crippen MR) is 58.8 cm³/mol. The topological polar surface area (TPSA) is 67.2 Å². The van der Waals surface area contributed by atoms with Gasteiger partial charge >= 0.3 is 0 Å². The van der Waals surface area contributed by atoms with Gasteiger partial charge in [-0.25, -0.2) is 0 Å². The average molecular weight is 214 g/mol. The molecule has 0 bridgehead atoms. The summed E-state index contributed by atoms with van der Waals surface area (Å²) in [5.41, 5.74) is 7.30. The van der Waals surface area contributed by atoms with Crippen LogP contribution in [-0.2, 0) is 4.79 Å². The van der Waals surface area contributed by atoms with Crippen molar-refractivity contribution < 1.29 is 4.79 Å². The summed E-state index contributed by atoms with van der Waals surface area (Å²) in [7, 11) is 0. The van der Waals surface area contributed by atoms with Gasteiger partial charge in [-0.1, -0.05) is 12.1 Å². The molecule has 1 heterocycles. The maximum atomic E-state index is 11.3. The molecule has 1 aliphatic heterocycles. The van der Waals surface area contributed by atoms with Crippen molar-refractivity contribution in [3.05, 3.63) is 24.3 Å². The number of hydrogen-bond acceptors (Lipinski definition) is 3. The molecule has 0 radical (unpaired) electrons. The molecular formula is C9H12ClN3O. The van der Waals surface area contributed by atoms with Crippen LogP contribution in [0.3, 0.4) is 0 Å². The Hall–Kier alpha value is -1.26. The Bertz CT molecular complexity index is 343. The van der Waals surface area contributed by atoms with Crippen molar-refractivity contribution in [1.29, 1.82) is 0 Å². The van der Waals surface area contributed by atoms with Gasteiger partial charge in [-0.2, -0.15) is 0 Å². The van der Waals surface area contributed by atoms with Gasteiger partial charge in [-0.15, -0.1) is 12.4 Å². The second-order valence-corrected chi connectivity index (χ2v) is 3.02. The zero-order valence-electron chi connectivity index (χ0n) is 7.49. The SMILES string of the molecule is Cl.N[C@H]1CNc2ccccc2NC1=O. The molecule has 4 N–H and O–H groups in total. The summed E-state index contributed by atoms with van der Waals surface area (Å²) in [4.78, 5) is 11.3. The Balaban J connectivity index is 0.000000980. The van der Waals surface area contributed by atoms with Gasteiger partial charge in [0, 0.05) is 6.54 Å². The molecule has 4 nitrogen and oxygen atoms in total. The second-order valence-electron chi connectivity index (χ2n) is 3.02. The van der Waals surface area contributed by atoms with E-state index in [0.717, 1.165) is 11.4 Å². The molecule has 14 heavy (non-hydrogen) atoms. The third-order valence-corrected chi connectivity index (χ3v) is 2.03. The van der Waals surface area contributed by atoms with Crippen LogP contribution < -0.4 is 16.4 Å². The highest BCUT2D eigenvalue weighted by atomic mass is 35.5. The molecular weight excluding hydrogens is 202 g/mol. The number of amides is 1. The molecule has 0 saturated carbocycles. The molecule has 0 aromatic heterocycles. The average Bonchev–Trinajstić information content (AvgIpc) is 2.28. The first kappa shape index (κ1) is 10.8. The third-order valence-electron chi connectivity index (χ3n) is 2.03. The molecule has 1 aliphatic rings. The van der Waals surface area contributed by atoms with E-state index in [1.807, 2.05) is 24.3 Å². The Morgan fingerprint density at radius 3 is 2.64 bits per heavy atom. The van der Waals surface area contributed by atoms with Crippen LogP contribution in [0.1, 0.15) is 0 Å². The number of carbonyl (C=O) groups is 1. The van der Waals surface area contributed by atoms with Gasteiger partial charge in [-0.05, 0) is 12.1 Å². The minimum atomic E-state index is -0.479. The van der Waals surface area contributed by atoms with Gasteiger partial charge in [0.25, 0.3) is 0 Å². The van der Waals surface area contributed by atoms with Crippen molar-refractivity contribution >= 4 is 29.7 Å². The van der Waals surface area contributed by atoms with E-state index in [0.29, 0.717) is 6.54 Å². The highest BCUT2D eigenvalue weighted by Crippen LogP contribution is 2.22. The number of fused-ring (bicyclic) bond motifs is 1. The van der Waals surface area contributed by atoms with E-state index in [-0.39, 0.29) is 18.3 Å². The number of rotatable bonds is 0. The molecule has 0 spiro atoms. The van der Waals surface area contributed by atoms with E-state index in [1.54, 1.807) is 0 Å². The number of hydrogen-bond donors (Lipinski definition) is 3. The zero-order valence-corrected chi connectivity index (χ0v) is 8.30. The van der Waals surface area contributed by atoms with Gasteiger partial charge < -0.3 is 16.4 Å². The smallest absolute Gasteiger partial charge is 0.243 e. The fraction of sp³-hybridized carbons (Fsp3) is 0.222. The monoisotopic (exact) mass is 213 g/mol. The molecule has 2 rings (SSSR count). The normalized spacial score (nSPS) is 19.5. The van der Waals surface area contributed by atoms with E-state index in [4.69, 9.17) is 5.73 Å². The standard InChI is InChI=1S/C9H11N3O.ClH/c10-6-5-11-7-3-1-2-4-8(7)12-9(6)13;/h1-4,6,11H,5,10H2,(H,12,13);1H/t6-;/m0./s1. The van der Waals surface area contributed by atoms with Crippen LogP contribution in [0.25, 0.3) is 0 Å². The highest BCUT2D eigenvalue weighted by Gasteiger charge is 2.18. The van der Waals surface area contributed by atoms with Gasteiger partial charge in [0.2, 0.25) is 5.91 Å². The third kappa shape index (κ3) is 1.97. The van der Waals surface area contributed by atoms with E-state index < -0.39 is 6.04 Å². The predicted octanol–water partition coefficient (Wildman–Crippen LogP) is 0.800. The fourth-order valence-electron chi connectivity index (χ4n) is 1.28. The first-order chi connectivity index (χ1) is 6.27. The summed E-state index contributed by atoms with van der Waals surface area (Å²) in [6.07, 6.45) is 0. The molecule has 0 saturated heterocycles. The molecule has 76 valence electrons. The maximum absolute atomic E-state index is 11.3. The van der Waals surface area contributed by atoms with Crippen LogP contribution >= 0.6 is 12.4 Å². The molecule has 1 aromatic carbocycles. The van der Waals surface area contributed by atoms with Crippen LogP contribution in [0.2, 0.25) is 0 Å². The number of carbonyl (C=O) groups excluding carboxylic acids is 1. The van der Waals surface area contributed by atoms with Crippen molar-refractivity contribution in [3.63, 3.8) is 0 Å². The van der Waals surface area contributed by atoms with E-state index in [2.05, 4.69) is 10.6 Å². The number of anilines is 2. The summed E-state index contributed by atoms with van der Waals surface area (Å²) in [6, 6.07) is 7.06. The molecule has 0 aliphatic carbocycles. The number of nitrogens with two attached hydrogens (primary N) is 1. The number of halogens is 1. The van der Waals surface area contributed by atoms with Gasteiger partial charge in [-0.3, -0.25) is 4.79 Å². The van der Waals surface area contributed by atoms with E-state index in [9.17, 15) is 4.79 Å². The van der Waals surface area contributed by atoms with E-state index in [1.165, 1.54) is 0 Å². The molecule has 1 amide bonds. The molecule has 1 aromatic rings. The highest BCUT2D eigenvalue weighted by molar-refractivity contribution is 5.99. The second kappa shape index (κ2) is 4.30. The summed E-state index contributed by atoms with van der Waals surface area (Å²) >= 11 is 0. The summed E-state index contributed by atoms with van der Waals surface area (Å²) in [5.74, 6) is -0.141. The largest absolute Gasteiger partial charge is 0.381 e. The molecule has 5 heteroatoms. The summed E-state index contributed by atoms with van der Waals surface area (Å²) in [5, 5.41) is 5.84. The van der Waals surface area contributed by atoms with E-state index >= 15 is 0 Å². The van der Waals surface area contributed by atoms with Crippen LogP contribution in [-0.4, -0.2) is 18.5 Å². The quantitative estimate of drug-likeness (QED) is 0.597. The lowest BCUT2D eigenvalue weighted by Crippen LogP contribution is -2.39. The van der Waals surface area contributed by atoms with Crippen molar-refractivity contribution in [2.75, 3.05) is 17.2 Å². The lowest BCUT2D eigenvalue weighted by molar-refractivity contribution is -0.117. The molecule has 0 unspecified atom stereocenters. The van der Waals surface area contributed by atoms with Crippen LogP contribution in [0.5, 0.6) is 0 Å². The fourth-order valence-corrected chi connectivity index (χ4v) is 1.28. The van der Waals surface area contributed by atoms with Crippen molar-refractivity contribution in [1.82, 2.24) is 0 Å². The lowest BCUT2D eigenvalue weighted by Gasteiger charge is -2.05. The Morgan fingerprint density at radius 1 is 1.29 bits per heavy atom. The van der Waals surface area contributed by atoms with Crippen molar-refractivity contribution in [2.24, 2.45) is 5.73 Å². The minimum absolute atomic E-state index is 0. The first-order valence-corrected chi connectivity index (χ1v) is 4.17. The zero-order chi connectivity index (χ0) is 9.26. The van der Waals surface area contributed by atoms with Crippen molar-refractivity contribution in [3.8, 4) is 0 Å². The van der Waals surface area contributed by atoms with Gasteiger partial charge in [0.05, 0.1) is 11.4 Å².